The molecular weight excluding hydrogens is 200 g/mol. The highest BCUT2D eigenvalue weighted by atomic mass is 16.3. The largest absolute Gasteiger partial charge is 0.466 e. The van der Waals surface area contributed by atoms with Crippen LogP contribution in [0.1, 0.15) is 28.8 Å². The molecule has 2 aromatic heterocycles. The van der Waals surface area contributed by atoms with Crippen LogP contribution in [0.25, 0.3) is 0 Å². The zero-order chi connectivity index (χ0) is 11.5. The Bertz CT molecular complexity index is 462. The average molecular weight is 216 g/mol. The van der Waals surface area contributed by atoms with E-state index in [1.54, 1.807) is 6.20 Å². The maximum absolute atomic E-state index is 6.14. The van der Waals surface area contributed by atoms with Crippen LogP contribution in [-0.2, 0) is 6.42 Å². The van der Waals surface area contributed by atoms with Gasteiger partial charge >= 0.3 is 0 Å². The molecule has 0 aliphatic carbocycles. The van der Waals surface area contributed by atoms with E-state index in [1.165, 1.54) is 0 Å². The van der Waals surface area contributed by atoms with E-state index in [0.29, 0.717) is 0 Å². The standard InChI is InChI=1S/C13H16N2O/c1-9-7-12(10(2)16-9)13(14)8-11-5-3-4-6-15-11/h3-7,13H,8,14H2,1-2H3. The summed E-state index contributed by atoms with van der Waals surface area (Å²) in [6.07, 6.45) is 2.52. The molecule has 16 heavy (non-hydrogen) atoms. The second kappa shape index (κ2) is 4.49. The van der Waals surface area contributed by atoms with Gasteiger partial charge in [-0.25, -0.2) is 0 Å². The molecule has 1 atom stereocenters. The van der Waals surface area contributed by atoms with Crippen LogP contribution >= 0.6 is 0 Å². The number of aromatic nitrogens is 1. The van der Waals surface area contributed by atoms with Crippen LogP contribution in [0.3, 0.4) is 0 Å². The van der Waals surface area contributed by atoms with Gasteiger partial charge < -0.3 is 10.2 Å². The lowest BCUT2D eigenvalue weighted by molar-refractivity contribution is 0.497. The molecule has 0 amide bonds. The van der Waals surface area contributed by atoms with Crippen LogP contribution in [0.4, 0.5) is 0 Å². The van der Waals surface area contributed by atoms with E-state index in [-0.39, 0.29) is 6.04 Å². The highest BCUT2D eigenvalue weighted by Crippen LogP contribution is 2.22. The van der Waals surface area contributed by atoms with Gasteiger partial charge in [-0.05, 0) is 32.0 Å². The quantitative estimate of drug-likeness (QED) is 0.857. The first-order valence-corrected chi connectivity index (χ1v) is 5.39. The SMILES string of the molecule is Cc1cc(C(N)Cc2ccccn2)c(C)o1. The van der Waals surface area contributed by atoms with Crippen molar-refractivity contribution in [1.82, 2.24) is 4.98 Å². The predicted octanol–water partition coefficient (Wildman–Crippen LogP) is 2.53. The van der Waals surface area contributed by atoms with Gasteiger partial charge in [-0.15, -0.1) is 0 Å². The van der Waals surface area contributed by atoms with Crippen molar-refractivity contribution in [2.75, 3.05) is 0 Å². The number of hydrogen-bond acceptors (Lipinski definition) is 3. The van der Waals surface area contributed by atoms with E-state index in [2.05, 4.69) is 4.98 Å². The molecule has 1 unspecified atom stereocenters. The van der Waals surface area contributed by atoms with Crippen molar-refractivity contribution in [3.63, 3.8) is 0 Å². The molecule has 0 saturated carbocycles. The number of furan rings is 1. The first kappa shape index (κ1) is 10.9. The lowest BCUT2D eigenvalue weighted by Crippen LogP contribution is -2.14. The molecule has 0 bridgehead atoms. The van der Waals surface area contributed by atoms with Crippen molar-refractivity contribution in [2.45, 2.75) is 26.3 Å². The van der Waals surface area contributed by atoms with Gasteiger partial charge in [0, 0.05) is 29.9 Å². The number of nitrogens with zero attached hydrogens (tertiary/aromatic N) is 1. The molecule has 0 spiro atoms. The summed E-state index contributed by atoms with van der Waals surface area (Å²) in [5, 5.41) is 0. The summed E-state index contributed by atoms with van der Waals surface area (Å²) in [4.78, 5) is 4.27. The van der Waals surface area contributed by atoms with Gasteiger partial charge in [0.2, 0.25) is 0 Å². The second-order valence-corrected chi connectivity index (χ2v) is 4.00. The van der Waals surface area contributed by atoms with Crippen LogP contribution in [0.5, 0.6) is 0 Å². The Labute approximate surface area is 95.3 Å². The van der Waals surface area contributed by atoms with Gasteiger partial charge in [0.05, 0.1) is 0 Å². The molecule has 2 heterocycles. The van der Waals surface area contributed by atoms with Crippen LogP contribution in [0, 0.1) is 13.8 Å². The Balaban J connectivity index is 2.14. The lowest BCUT2D eigenvalue weighted by atomic mass is 10.0. The van der Waals surface area contributed by atoms with Gasteiger partial charge in [0.25, 0.3) is 0 Å². The van der Waals surface area contributed by atoms with E-state index in [4.69, 9.17) is 10.2 Å². The number of rotatable bonds is 3. The van der Waals surface area contributed by atoms with Crippen molar-refractivity contribution < 1.29 is 4.42 Å². The van der Waals surface area contributed by atoms with E-state index < -0.39 is 0 Å². The van der Waals surface area contributed by atoms with Crippen molar-refractivity contribution >= 4 is 0 Å². The summed E-state index contributed by atoms with van der Waals surface area (Å²) < 4.78 is 5.47. The lowest BCUT2D eigenvalue weighted by Gasteiger charge is -2.09. The Hall–Kier alpha value is -1.61. The molecule has 0 aliphatic rings. The normalized spacial score (nSPS) is 12.7. The minimum Gasteiger partial charge on any atom is -0.466 e. The Morgan fingerprint density at radius 3 is 2.75 bits per heavy atom. The van der Waals surface area contributed by atoms with Gasteiger partial charge in [-0.3, -0.25) is 4.98 Å². The smallest absolute Gasteiger partial charge is 0.105 e. The zero-order valence-electron chi connectivity index (χ0n) is 9.60. The van der Waals surface area contributed by atoms with E-state index in [0.717, 1.165) is 29.2 Å². The third-order valence-corrected chi connectivity index (χ3v) is 2.63. The van der Waals surface area contributed by atoms with Gasteiger partial charge in [-0.1, -0.05) is 6.07 Å². The monoisotopic (exact) mass is 216 g/mol. The summed E-state index contributed by atoms with van der Waals surface area (Å²) in [6.45, 7) is 3.88. The number of nitrogens with two attached hydrogens (primary N) is 1. The third-order valence-electron chi connectivity index (χ3n) is 2.63. The Morgan fingerprint density at radius 1 is 1.38 bits per heavy atom. The molecular formula is C13H16N2O. The molecule has 0 saturated heterocycles. The first-order chi connectivity index (χ1) is 7.66. The number of hydrogen-bond donors (Lipinski definition) is 1. The molecule has 2 rings (SSSR count). The fourth-order valence-corrected chi connectivity index (χ4v) is 1.87. The molecule has 0 radical (unpaired) electrons. The second-order valence-electron chi connectivity index (χ2n) is 4.00. The molecule has 2 aromatic rings. The fraction of sp³-hybridized carbons (Fsp3) is 0.308. The summed E-state index contributed by atoms with van der Waals surface area (Å²) in [5.74, 6) is 1.81. The highest BCUT2D eigenvalue weighted by molar-refractivity contribution is 5.25. The van der Waals surface area contributed by atoms with Crippen molar-refractivity contribution in [1.29, 1.82) is 0 Å². The third kappa shape index (κ3) is 2.31. The highest BCUT2D eigenvalue weighted by Gasteiger charge is 2.13. The van der Waals surface area contributed by atoms with Crippen molar-refractivity contribution in [3.05, 3.63) is 53.2 Å². The van der Waals surface area contributed by atoms with Crippen LogP contribution in [0.2, 0.25) is 0 Å². The summed E-state index contributed by atoms with van der Waals surface area (Å²) in [7, 11) is 0. The van der Waals surface area contributed by atoms with Gasteiger partial charge in [-0.2, -0.15) is 0 Å². The van der Waals surface area contributed by atoms with E-state index >= 15 is 0 Å². The number of aryl methyl sites for hydroxylation is 2. The molecule has 3 nitrogen and oxygen atoms in total. The van der Waals surface area contributed by atoms with Crippen LogP contribution in [-0.4, -0.2) is 4.98 Å². The predicted molar refractivity (Wildman–Crippen MR) is 63.1 cm³/mol. The maximum Gasteiger partial charge on any atom is 0.105 e. The molecule has 0 fully saturated rings. The number of pyridine rings is 1. The van der Waals surface area contributed by atoms with Gasteiger partial charge in [0.1, 0.15) is 11.5 Å². The van der Waals surface area contributed by atoms with Crippen LogP contribution in [0.15, 0.2) is 34.9 Å². The Kier molecular flexibility index (Phi) is 3.06. The molecule has 2 N–H and O–H groups in total. The minimum atomic E-state index is -0.0488. The summed E-state index contributed by atoms with van der Waals surface area (Å²) >= 11 is 0. The average Bonchev–Trinajstić information content (AvgIpc) is 2.59. The van der Waals surface area contributed by atoms with E-state index in [9.17, 15) is 0 Å². The molecule has 0 aliphatic heterocycles. The van der Waals surface area contributed by atoms with Crippen molar-refractivity contribution in [2.24, 2.45) is 5.73 Å². The summed E-state index contributed by atoms with van der Waals surface area (Å²) in [6, 6.07) is 7.82. The molecule has 84 valence electrons. The van der Waals surface area contributed by atoms with Gasteiger partial charge in [0.15, 0.2) is 0 Å². The first-order valence-electron chi connectivity index (χ1n) is 5.39. The Morgan fingerprint density at radius 2 is 2.19 bits per heavy atom. The molecule has 0 aromatic carbocycles. The maximum atomic E-state index is 6.14. The molecule has 3 heteroatoms. The van der Waals surface area contributed by atoms with Crippen molar-refractivity contribution in [3.8, 4) is 0 Å². The zero-order valence-corrected chi connectivity index (χ0v) is 9.60. The summed E-state index contributed by atoms with van der Waals surface area (Å²) in [5.41, 5.74) is 8.22. The fourth-order valence-electron chi connectivity index (χ4n) is 1.87. The van der Waals surface area contributed by atoms with Crippen LogP contribution < -0.4 is 5.73 Å². The topological polar surface area (TPSA) is 52.0 Å². The van der Waals surface area contributed by atoms with E-state index in [1.807, 2.05) is 38.1 Å². The minimum absolute atomic E-state index is 0.0488.